The van der Waals surface area contributed by atoms with Crippen molar-refractivity contribution >= 4 is 5.97 Å². The van der Waals surface area contributed by atoms with Gasteiger partial charge in [0, 0.05) is 5.56 Å². The van der Waals surface area contributed by atoms with Gasteiger partial charge in [0.1, 0.15) is 42.9 Å². The predicted octanol–water partition coefficient (Wildman–Crippen LogP) is 0.716. The Labute approximate surface area is 146 Å². The van der Waals surface area contributed by atoms with Crippen LogP contribution in [0, 0.1) is 0 Å². The average molecular weight is 350 g/mol. The van der Waals surface area contributed by atoms with Crippen molar-refractivity contribution in [1.29, 1.82) is 0 Å². The number of quaternary nitrogens is 1. The number of aliphatic hydroxyl groups excluding tert-OH is 1. The van der Waals surface area contributed by atoms with Gasteiger partial charge in [0.05, 0.1) is 27.1 Å². The number of hydrogen-bond donors (Lipinski definition) is 2. The Kier molecular flexibility index (Phi) is 7.46. The summed E-state index contributed by atoms with van der Waals surface area (Å²) >= 11 is 0. The molecule has 0 aliphatic carbocycles. The highest BCUT2D eigenvalue weighted by atomic mass is 16.5. The summed E-state index contributed by atoms with van der Waals surface area (Å²) in [5, 5.41) is 11.9. The van der Waals surface area contributed by atoms with Crippen LogP contribution in [0.3, 0.4) is 0 Å². The van der Waals surface area contributed by atoms with Crippen LogP contribution in [0.5, 0.6) is 5.75 Å². The summed E-state index contributed by atoms with van der Waals surface area (Å²) in [4.78, 5) is 11.8. The molecule has 2 rings (SSSR count). The lowest BCUT2D eigenvalue weighted by Crippen LogP contribution is -2.85. The second kappa shape index (κ2) is 9.83. The van der Waals surface area contributed by atoms with Gasteiger partial charge in [-0.05, 0) is 30.3 Å². The van der Waals surface area contributed by atoms with E-state index in [1.165, 1.54) is 14.2 Å². The quantitative estimate of drug-likeness (QED) is 0.613. The summed E-state index contributed by atoms with van der Waals surface area (Å²) in [7, 11) is 2.84. The SMILES string of the molecule is COC(=O)c1cc(C[NH2+]C[C@H](O)COCc2ccco2)ccc1OC. The molecule has 2 aromatic rings. The lowest BCUT2D eigenvalue weighted by atomic mass is 10.1. The average Bonchev–Trinajstić information content (AvgIpc) is 3.14. The summed E-state index contributed by atoms with van der Waals surface area (Å²) in [6, 6.07) is 8.96. The topological polar surface area (TPSA) is 94.7 Å². The second-order valence-corrected chi connectivity index (χ2v) is 5.50. The third-order valence-corrected chi connectivity index (χ3v) is 3.62. The van der Waals surface area contributed by atoms with Crippen molar-refractivity contribution in [2.24, 2.45) is 0 Å². The lowest BCUT2D eigenvalue weighted by Gasteiger charge is -2.11. The van der Waals surface area contributed by atoms with Crippen molar-refractivity contribution in [2.75, 3.05) is 27.4 Å². The molecule has 136 valence electrons. The Morgan fingerprint density at radius 3 is 2.84 bits per heavy atom. The molecule has 0 amide bonds. The Hall–Kier alpha value is -2.35. The van der Waals surface area contributed by atoms with Crippen LogP contribution in [0.2, 0.25) is 0 Å². The van der Waals surface area contributed by atoms with E-state index in [1.54, 1.807) is 24.5 Å². The highest BCUT2D eigenvalue weighted by molar-refractivity contribution is 5.92. The van der Waals surface area contributed by atoms with Gasteiger partial charge < -0.3 is 29.1 Å². The minimum atomic E-state index is -0.590. The minimum Gasteiger partial charge on any atom is -0.496 e. The van der Waals surface area contributed by atoms with E-state index < -0.39 is 12.1 Å². The molecular formula is C18H24NO6+. The van der Waals surface area contributed by atoms with Gasteiger partial charge in [0.2, 0.25) is 0 Å². The largest absolute Gasteiger partial charge is 0.496 e. The van der Waals surface area contributed by atoms with Gasteiger partial charge in [0.25, 0.3) is 0 Å². The van der Waals surface area contributed by atoms with Crippen LogP contribution < -0.4 is 10.1 Å². The standard InChI is InChI=1S/C18H23NO6/c1-22-17-6-5-13(8-16(17)18(21)23-2)9-19-10-14(20)11-24-12-15-4-3-7-25-15/h3-8,14,19-20H,9-12H2,1-2H3/p+1/t14-/m0/s1. The van der Waals surface area contributed by atoms with Crippen LogP contribution in [0.1, 0.15) is 21.7 Å². The van der Waals surface area contributed by atoms with Gasteiger partial charge in [-0.1, -0.05) is 0 Å². The molecule has 0 aliphatic heterocycles. The van der Waals surface area contributed by atoms with Crippen molar-refractivity contribution in [3.05, 3.63) is 53.5 Å². The Morgan fingerprint density at radius 1 is 1.32 bits per heavy atom. The third-order valence-electron chi connectivity index (χ3n) is 3.62. The Bertz CT molecular complexity index is 656. The van der Waals surface area contributed by atoms with Gasteiger partial charge in [-0.25, -0.2) is 4.79 Å². The fourth-order valence-corrected chi connectivity index (χ4v) is 2.35. The van der Waals surface area contributed by atoms with Crippen LogP contribution in [-0.2, 0) is 22.6 Å². The van der Waals surface area contributed by atoms with Gasteiger partial charge in [-0.2, -0.15) is 0 Å². The molecule has 7 heteroatoms. The van der Waals surface area contributed by atoms with Gasteiger partial charge in [-0.3, -0.25) is 0 Å². The fourth-order valence-electron chi connectivity index (χ4n) is 2.35. The van der Waals surface area contributed by atoms with Crippen LogP contribution in [0.25, 0.3) is 0 Å². The molecule has 1 heterocycles. The molecule has 3 N–H and O–H groups in total. The molecule has 25 heavy (non-hydrogen) atoms. The van der Waals surface area contributed by atoms with Crippen molar-refractivity contribution < 1.29 is 33.8 Å². The van der Waals surface area contributed by atoms with Crippen LogP contribution >= 0.6 is 0 Å². The van der Waals surface area contributed by atoms with E-state index in [4.69, 9.17) is 18.6 Å². The monoisotopic (exact) mass is 350 g/mol. The molecule has 1 aromatic carbocycles. The molecule has 1 atom stereocenters. The van der Waals surface area contributed by atoms with E-state index in [0.29, 0.717) is 31.0 Å². The number of benzene rings is 1. The number of furan rings is 1. The molecule has 0 spiro atoms. The maximum Gasteiger partial charge on any atom is 0.341 e. The first kappa shape index (κ1) is 19.0. The van der Waals surface area contributed by atoms with E-state index in [-0.39, 0.29) is 6.61 Å². The van der Waals surface area contributed by atoms with Crippen LogP contribution in [0.15, 0.2) is 41.0 Å². The van der Waals surface area contributed by atoms with Crippen molar-refractivity contribution in [1.82, 2.24) is 0 Å². The molecule has 0 bridgehead atoms. The first-order valence-corrected chi connectivity index (χ1v) is 7.99. The maximum absolute atomic E-state index is 11.8. The summed E-state index contributed by atoms with van der Waals surface area (Å²) in [6.45, 7) is 1.67. The van der Waals surface area contributed by atoms with Gasteiger partial charge >= 0.3 is 5.97 Å². The molecule has 7 nitrogen and oxygen atoms in total. The molecule has 0 saturated heterocycles. The molecular weight excluding hydrogens is 326 g/mol. The molecule has 0 radical (unpaired) electrons. The molecule has 0 aliphatic rings. The number of esters is 1. The normalized spacial score (nSPS) is 12.0. The van der Waals surface area contributed by atoms with E-state index in [1.807, 2.05) is 17.4 Å². The smallest absolute Gasteiger partial charge is 0.341 e. The van der Waals surface area contributed by atoms with Crippen molar-refractivity contribution in [3.8, 4) is 5.75 Å². The third kappa shape index (κ3) is 5.90. The summed E-state index contributed by atoms with van der Waals surface area (Å²) in [5.41, 5.74) is 1.32. The van der Waals surface area contributed by atoms with Crippen molar-refractivity contribution in [2.45, 2.75) is 19.3 Å². The first-order chi connectivity index (χ1) is 12.1. The van der Waals surface area contributed by atoms with E-state index in [0.717, 1.165) is 11.3 Å². The fraction of sp³-hybridized carbons (Fsp3) is 0.389. The second-order valence-electron chi connectivity index (χ2n) is 5.50. The van der Waals surface area contributed by atoms with E-state index >= 15 is 0 Å². The lowest BCUT2D eigenvalue weighted by molar-refractivity contribution is -0.676. The molecule has 0 fully saturated rings. The Morgan fingerprint density at radius 2 is 2.16 bits per heavy atom. The highest BCUT2D eigenvalue weighted by Gasteiger charge is 2.14. The number of hydrogen-bond acceptors (Lipinski definition) is 6. The predicted molar refractivity (Wildman–Crippen MR) is 89.2 cm³/mol. The number of carbonyl (C=O) groups excluding carboxylic acids is 1. The number of carbonyl (C=O) groups is 1. The molecule has 1 aromatic heterocycles. The zero-order valence-corrected chi connectivity index (χ0v) is 14.4. The van der Waals surface area contributed by atoms with E-state index in [9.17, 15) is 9.90 Å². The number of ether oxygens (including phenoxy) is 3. The summed E-state index contributed by atoms with van der Waals surface area (Å²) in [6.07, 6.45) is 0.994. The molecule has 0 unspecified atom stereocenters. The number of methoxy groups -OCH3 is 2. The van der Waals surface area contributed by atoms with Crippen LogP contribution in [-0.4, -0.2) is 44.6 Å². The van der Waals surface area contributed by atoms with Crippen LogP contribution in [0.4, 0.5) is 0 Å². The van der Waals surface area contributed by atoms with Crippen molar-refractivity contribution in [3.63, 3.8) is 0 Å². The number of rotatable bonds is 10. The number of nitrogens with two attached hydrogens (primary N) is 1. The first-order valence-electron chi connectivity index (χ1n) is 7.99. The van der Waals surface area contributed by atoms with E-state index in [2.05, 4.69) is 0 Å². The van der Waals surface area contributed by atoms with Gasteiger partial charge in [0.15, 0.2) is 0 Å². The minimum absolute atomic E-state index is 0.229. The Balaban J connectivity index is 1.75. The van der Waals surface area contributed by atoms with Gasteiger partial charge in [-0.15, -0.1) is 0 Å². The summed E-state index contributed by atoms with van der Waals surface area (Å²) < 4.78 is 20.5. The number of aliphatic hydroxyl groups is 1. The summed E-state index contributed by atoms with van der Waals surface area (Å²) in [5.74, 6) is 0.761. The maximum atomic E-state index is 11.8. The molecule has 0 saturated carbocycles. The zero-order valence-electron chi connectivity index (χ0n) is 14.4. The zero-order chi connectivity index (χ0) is 18.1. The highest BCUT2D eigenvalue weighted by Crippen LogP contribution is 2.20.